The number of likely N-dealkylation sites (tertiary alicyclic amines) is 1. The van der Waals surface area contributed by atoms with Crippen molar-refractivity contribution in [2.75, 3.05) is 26.4 Å². The highest BCUT2D eigenvalue weighted by atomic mass is 16.5. The molecule has 2 rings (SSSR count). The minimum atomic E-state index is -0.380. The van der Waals surface area contributed by atoms with Crippen LogP contribution in [0.5, 0.6) is 0 Å². The highest BCUT2D eigenvalue weighted by Crippen LogP contribution is 2.20. The second-order valence-electron chi connectivity index (χ2n) is 5.84. The van der Waals surface area contributed by atoms with Gasteiger partial charge in [0.15, 0.2) is 0 Å². The monoisotopic (exact) mass is 311 g/mol. The largest absolute Gasteiger partial charge is 0.466 e. The molecule has 2 aliphatic rings. The maximum atomic E-state index is 12.2. The van der Waals surface area contributed by atoms with Crippen LogP contribution in [-0.4, -0.2) is 60.1 Å². The molecule has 22 heavy (non-hydrogen) atoms. The average molecular weight is 311 g/mol. The number of piperidine rings is 1. The SMILES string of the molecule is CCC[C@@H]1NC(=O)N(CN2CCC(C(=O)OCC)CC2)C1=O. The molecular formula is C15H25N3O4. The maximum Gasteiger partial charge on any atom is 0.325 e. The Bertz CT molecular complexity index is 433. The van der Waals surface area contributed by atoms with E-state index in [2.05, 4.69) is 5.32 Å². The summed E-state index contributed by atoms with van der Waals surface area (Å²) < 4.78 is 5.04. The van der Waals surface area contributed by atoms with Crippen LogP contribution >= 0.6 is 0 Å². The third-order valence-corrected chi connectivity index (χ3v) is 4.23. The summed E-state index contributed by atoms with van der Waals surface area (Å²) in [5, 5.41) is 2.72. The van der Waals surface area contributed by atoms with Gasteiger partial charge in [-0.25, -0.2) is 9.69 Å². The van der Waals surface area contributed by atoms with Gasteiger partial charge >= 0.3 is 12.0 Å². The van der Waals surface area contributed by atoms with Crippen LogP contribution in [-0.2, 0) is 14.3 Å². The lowest BCUT2D eigenvalue weighted by molar-refractivity contribution is -0.150. The normalized spacial score (nSPS) is 23.7. The molecule has 3 amide bonds. The molecule has 0 aromatic carbocycles. The number of imide groups is 1. The second-order valence-corrected chi connectivity index (χ2v) is 5.84. The maximum absolute atomic E-state index is 12.2. The summed E-state index contributed by atoms with van der Waals surface area (Å²) in [6.45, 7) is 5.89. The van der Waals surface area contributed by atoms with Crippen molar-refractivity contribution in [1.29, 1.82) is 0 Å². The van der Waals surface area contributed by atoms with Crippen molar-refractivity contribution >= 4 is 17.9 Å². The Kier molecular flexibility index (Phi) is 5.76. The van der Waals surface area contributed by atoms with Gasteiger partial charge in [0.25, 0.3) is 5.91 Å². The Labute approximate surface area is 131 Å². The summed E-state index contributed by atoms with van der Waals surface area (Å²) in [5.74, 6) is -0.341. The number of carbonyl (C=O) groups excluding carboxylic acids is 3. The van der Waals surface area contributed by atoms with Crippen LogP contribution in [0.3, 0.4) is 0 Å². The Hall–Kier alpha value is -1.63. The number of ether oxygens (including phenoxy) is 1. The Morgan fingerprint density at radius 2 is 1.95 bits per heavy atom. The molecule has 0 unspecified atom stereocenters. The van der Waals surface area contributed by atoms with E-state index in [4.69, 9.17) is 4.74 Å². The molecule has 2 heterocycles. The van der Waals surface area contributed by atoms with Crippen molar-refractivity contribution in [1.82, 2.24) is 15.1 Å². The lowest BCUT2D eigenvalue weighted by atomic mass is 9.97. The highest BCUT2D eigenvalue weighted by molar-refractivity contribution is 6.04. The summed E-state index contributed by atoms with van der Waals surface area (Å²) in [4.78, 5) is 39.1. The molecule has 0 aromatic rings. The van der Waals surface area contributed by atoms with E-state index in [1.54, 1.807) is 6.92 Å². The van der Waals surface area contributed by atoms with E-state index in [1.807, 2.05) is 11.8 Å². The molecule has 0 radical (unpaired) electrons. The Morgan fingerprint density at radius 3 is 2.55 bits per heavy atom. The van der Waals surface area contributed by atoms with E-state index >= 15 is 0 Å². The molecule has 1 atom stereocenters. The molecule has 0 aromatic heterocycles. The van der Waals surface area contributed by atoms with Crippen LogP contribution in [0.15, 0.2) is 0 Å². The molecule has 2 saturated heterocycles. The minimum Gasteiger partial charge on any atom is -0.466 e. The van der Waals surface area contributed by atoms with Crippen LogP contribution < -0.4 is 5.32 Å². The number of nitrogens with zero attached hydrogens (tertiary/aromatic N) is 2. The van der Waals surface area contributed by atoms with E-state index < -0.39 is 0 Å². The molecule has 0 spiro atoms. The summed E-state index contributed by atoms with van der Waals surface area (Å²) in [7, 11) is 0. The standard InChI is InChI=1S/C15H25N3O4/c1-3-5-12-13(19)18(15(21)16-12)10-17-8-6-11(7-9-17)14(20)22-4-2/h11-12H,3-10H2,1-2H3,(H,16,21)/t12-/m0/s1. The number of esters is 1. The second kappa shape index (κ2) is 7.58. The molecule has 2 fully saturated rings. The topological polar surface area (TPSA) is 79.0 Å². The zero-order valence-electron chi connectivity index (χ0n) is 13.3. The van der Waals surface area contributed by atoms with Gasteiger partial charge in [0.05, 0.1) is 19.2 Å². The molecule has 0 saturated carbocycles. The number of hydrogen-bond donors (Lipinski definition) is 1. The molecule has 1 N–H and O–H groups in total. The third kappa shape index (κ3) is 3.76. The lowest BCUT2D eigenvalue weighted by Crippen LogP contribution is -2.46. The first-order valence-electron chi connectivity index (χ1n) is 8.07. The number of nitrogens with one attached hydrogen (secondary N) is 1. The summed E-state index contributed by atoms with van der Waals surface area (Å²) in [6, 6.07) is -0.689. The average Bonchev–Trinajstić information content (AvgIpc) is 2.76. The van der Waals surface area contributed by atoms with Gasteiger partial charge in [0.1, 0.15) is 6.04 Å². The number of urea groups is 1. The van der Waals surface area contributed by atoms with Gasteiger partial charge in [0, 0.05) is 13.1 Å². The quantitative estimate of drug-likeness (QED) is 0.583. The summed E-state index contributed by atoms with van der Waals surface area (Å²) in [6.07, 6.45) is 2.95. The van der Waals surface area contributed by atoms with E-state index in [9.17, 15) is 14.4 Å². The molecule has 2 aliphatic heterocycles. The fourth-order valence-corrected chi connectivity index (χ4v) is 2.97. The van der Waals surface area contributed by atoms with Crippen LogP contribution in [0.4, 0.5) is 4.79 Å². The molecular weight excluding hydrogens is 286 g/mol. The number of amides is 3. The van der Waals surface area contributed by atoms with Gasteiger partial charge in [-0.3, -0.25) is 14.5 Å². The Balaban J connectivity index is 1.82. The van der Waals surface area contributed by atoms with Gasteiger partial charge in [0.2, 0.25) is 0 Å². The molecule has 7 nitrogen and oxygen atoms in total. The number of hydrogen-bond acceptors (Lipinski definition) is 5. The predicted octanol–water partition coefficient (Wildman–Crippen LogP) is 0.940. The van der Waals surface area contributed by atoms with Gasteiger partial charge in [-0.2, -0.15) is 0 Å². The van der Waals surface area contributed by atoms with Crippen LogP contribution in [0.2, 0.25) is 0 Å². The van der Waals surface area contributed by atoms with Gasteiger partial charge in [-0.1, -0.05) is 13.3 Å². The van der Waals surface area contributed by atoms with Crippen molar-refractivity contribution in [3.8, 4) is 0 Å². The minimum absolute atomic E-state index is 0.0628. The first-order valence-corrected chi connectivity index (χ1v) is 8.07. The molecule has 7 heteroatoms. The van der Waals surface area contributed by atoms with Crippen molar-refractivity contribution in [2.45, 2.75) is 45.6 Å². The van der Waals surface area contributed by atoms with Crippen molar-refractivity contribution < 1.29 is 19.1 Å². The smallest absolute Gasteiger partial charge is 0.325 e. The van der Waals surface area contributed by atoms with Crippen LogP contribution in [0.25, 0.3) is 0 Å². The van der Waals surface area contributed by atoms with Crippen LogP contribution in [0.1, 0.15) is 39.5 Å². The molecule has 0 bridgehead atoms. The highest BCUT2D eigenvalue weighted by Gasteiger charge is 2.38. The zero-order chi connectivity index (χ0) is 16.1. The van der Waals surface area contributed by atoms with Gasteiger partial charge in [-0.15, -0.1) is 0 Å². The van der Waals surface area contributed by atoms with Crippen LogP contribution in [0, 0.1) is 5.92 Å². The molecule has 124 valence electrons. The van der Waals surface area contributed by atoms with Crippen molar-refractivity contribution in [2.24, 2.45) is 5.92 Å². The van der Waals surface area contributed by atoms with Crippen molar-refractivity contribution in [3.63, 3.8) is 0 Å². The van der Waals surface area contributed by atoms with Gasteiger partial charge < -0.3 is 10.1 Å². The van der Waals surface area contributed by atoms with E-state index in [0.717, 1.165) is 6.42 Å². The third-order valence-electron chi connectivity index (χ3n) is 4.23. The number of rotatable bonds is 6. The lowest BCUT2D eigenvalue weighted by Gasteiger charge is -2.32. The zero-order valence-corrected chi connectivity index (χ0v) is 13.3. The summed E-state index contributed by atoms with van der Waals surface area (Å²) >= 11 is 0. The van der Waals surface area contributed by atoms with Gasteiger partial charge in [-0.05, 0) is 26.2 Å². The first-order chi connectivity index (χ1) is 10.6. The first kappa shape index (κ1) is 16.7. The van der Waals surface area contributed by atoms with E-state index in [1.165, 1.54) is 4.90 Å². The van der Waals surface area contributed by atoms with Crippen molar-refractivity contribution in [3.05, 3.63) is 0 Å². The van der Waals surface area contributed by atoms with E-state index in [0.29, 0.717) is 45.6 Å². The fraction of sp³-hybridized carbons (Fsp3) is 0.800. The molecule has 0 aliphatic carbocycles. The predicted molar refractivity (Wildman–Crippen MR) is 79.9 cm³/mol. The Morgan fingerprint density at radius 1 is 1.27 bits per heavy atom. The van der Waals surface area contributed by atoms with E-state index in [-0.39, 0.29) is 29.9 Å². The number of carbonyl (C=O) groups is 3. The summed E-state index contributed by atoms with van der Waals surface area (Å²) in [5.41, 5.74) is 0. The fourth-order valence-electron chi connectivity index (χ4n) is 2.97.